The fraction of sp³-hybridized carbons (Fsp3) is 0.462. The number of benzene rings is 1. The topological polar surface area (TPSA) is 76.0 Å². The van der Waals surface area contributed by atoms with Crippen molar-refractivity contribution in [3.05, 3.63) is 23.8 Å². The molecule has 0 radical (unpaired) electrons. The van der Waals surface area contributed by atoms with Gasteiger partial charge in [-0.25, -0.2) is 0 Å². The Morgan fingerprint density at radius 2 is 1.45 bits per heavy atom. The highest BCUT2D eigenvalue weighted by Crippen LogP contribution is 2.22. The molecule has 2 atom stereocenters. The van der Waals surface area contributed by atoms with Gasteiger partial charge in [-0.2, -0.15) is 0 Å². The van der Waals surface area contributed by atoms with Gasteiger partial charge >= 0.3 is 0 Å². The van der Waals surface area contributed by atoms with Crippen LogP contribution in [0.5, 0.6) is 11.5 Å². The molecule has 20 heavy (non-hydrogen) atoms. The van der Waals surface area contributed by atoms with E-state index in [0.29, 0.717) is 23.3 Å². The van der Waals surface area contributed by atoms with Crippen molar-refractivity contribution in [3.8, 4) is 11.5 Å². The van der Waals surface area contributed by atoms with Gasteiger partial charge in [0.25, 0.3) is 0 Å². The summed E-state index contributed by atoms with van der Waals surface area (Å²) in [5, 5.41) is 18.6. The molecule has 2 N–H and O–H groups in total. The van der Waals surface area contributed by atoms with Crippen LogP contribution in [0.3, 0.4) is 0 Å². The average molecular weight is 323 g/mol. The number of aldehydes is 1. The average Bonchev–Trinajstić information content (AvgIpc) is 2.49. The molecular formula is C13H16Cl2O5. The molecule has 0 spiro atoms. The number of halogens is 2. The third-order valence-electron chi connectivity index (χ3n) is 2.28. The molecule has 0 aliphatic heterocycles. The Labute approximate surface area is 127 Å². The van der Waals surface area contributed by atoms with E-state index in [4.69, 9.17) is 32.7 Å². The zero-order valence-electron chi connectivity index (χ0n) is 10.7. The first kappa shape index (κ1) is 17.0. The molecule has 0 aromatic heterocycles. The summed E-state index contributed by atoms with van der Waals surface area (Å²) in [5.41, 5.74) is 0.359. The van der Waals surface area contributed by atoms with Crippen LogP contribution < -0.4 is 9.47 Å². The highest BCUT2D eigenvalue weighted by Gasteiger charge is 2.08. The van der Waals surface area contributed by atoms with E-state index in [0.717, 1.165) is 0 Å². The highest BCUT2D eigenvalue weighted by atomic mass is 35.5. The summed E-state index contributed by atoms with van der Waals surface area (Å²) in [6, 6.07) is 4.58. The summed E-state index contributed by atoms with van der Waals surface area (Å²) in [6.45, 7) is 0.0190. The number of rotatable bonds is 9. The largest absolute Gasteiger partial charge is 0.491 e. The van der Waals surface area contributed by atoms with Crippen molar-refractivity contribution in [2.45, 2.75) is 12.2 Å². The van der Waals surface area contributed by atoms with Crippen molar-refractivity contribution < 1.29 is 24.5 Å². The third kappa shape index (κ3) is 5.96. The quantitative estimate of drug-likeness (QED) is 0.531. The van der Waals surface area contributed by atoms with E-state index < -0.39 is 12.2 Å². The van der Waals surface area contributed by atoms with Crippen LogP contribution in [0.25, 0.3) is 0 Å². The van der Waals surface area contributed by atoms with Gasteiger partial charge in [-0.1, -0.05) is 0 Å². The van der Waals surface area contributed by atoms with Crippen LogP contribution >= 0.6 is 23.2 Å². The van der Waals surface area contributed by atoms with Crippen molar-refractivity contribution in [2.75, 3.05) is 25.0 Å². The van der Waals surface area contributed by atoms with Gasteiger partial charge in [0, 0.05) is 11.6 Å². The second kappa shape index (κ2) is 9.02. The minimum atomic E-state index is -0.793. The van der Waals surface area contributed by atoms with Gasteiger partial charge in [0.15, 0.2) is 0 Å². The van der Waals surface area contributed by atoms with Gasteiger partial charge in [0.1, 0.15) is 43.2 Å². The van der Waals surface area contributed by atoms with Crippen molar-refractivity contribution in [2.24, 2.45) is 0 Å². The zero-order valence-corrected chi connectivity index (χ0v) is 12.2. The number of carbonyl (C=O) groups is 1. The smallest absolute Gasteiger partial charge is 0.150 e. The van der Waals surface area contributed by atoms with E-state index in [1.54, 1.807) is 6.07 Å². The lowest BCUT2D eigenvalue weighted by Crippen LogP contribution is -2.20. The molecule has 0 heterocycles. The third-order valence-corrected chi connectivity index (χ3v) is 2.99. The number of ether oxygens (including phenoxy) is 2. The molecule has 112 valence electrons. The molecular weight excluding hydrogens is 307 g/mol. The molecule has 0 fully saturated rings. The Hall–Kier alpha value is -1.01. The van der Waals surface area contributed by atoms with E-state index in [9.17, 15) is 15.0 Å². The van der Waals surface area contributed by atoms with Crippen LogP contribution in [0, 0.1) is 0 Å². The Bertz CT molecular complexity index is 395. The predicted octanol–water partition coefficient (Wildman–Crippen LogP) is 1.46. The van der Waals surface area contributed by atoms with E-state index in [-0.39, 0.29) is 25.0 Å². The van der Waals surface area contributed by atoms with Crippen LogP contribution in [0.2, 0.25) is 0 Å². The molecule has 0 amide bonds. The van der Waals surface area contributed by atoms with E-state index in [1.165, 1.54) is 12.1 Å². The standard InChI is InChI=1S/C13H16Cl2O5/c14-4-10(17)7-19-12-1-9(6-16)2-13(3-12)20-8-11(18)5-15/h1-3,6,10-11,17-18H,4-5,7-8H2. The monoisotopic (exact) mass is 322 g/mol. The van der Waals surface area contributed by atoms with E-state index in [2.05, 4.69) is 0 Å². The van der Waals surface area contributed by atoms with E-state index in [1.807, 2.05) is 0 Å². The zero-order chi connectivity index (χ0) is 15.0. The molecule has 0 saturated heterocycles. The lowest BCUT2D eigenvalue weighted by molar-refractivity contribution is 0.111. The molecule has 0 saturated carbocycles. The van der Waals surface area contributed by atoms with Crippen molar-refractivity contribution in [3.63, 3.8) is 0 Å². The SMILES string of the molecule is O=Cc1cc(OCC(O)CCl)cc(OCC(O)CCl)c1. The number of aliphatic hydroxyl groups is 2. The molecule has 0 bridgehead atoms. The second-order valence-electron chi connectivity index (χ2n) is 4.09. The molecule has 0 aliphatic rings. The Balaban J connectivity index is 2.72. The summed E-state index contributed by atoms with van der Waals surface area (Å²) < 4.78 is 10.6. The number of aliphatic hydroxyl groups excluding tert-OH is 2. The maximum absolute atomic E-state index is 10.8. The normalized spacial score (nSPS) is 13.6. The van der Waals surface area contributed by atoms with Crippen LogP contribution in [-0.2, 0) is 0 Å². The van der Waals surface area contributed by atoms with Crippen LogP contribution in [0.4, 0.5) is 0 Å². The maximum Gasteiger partial charge on any atom is 0.150 e. The molecule has 1 rings (SSSR count). The Morgan fingerprint density at radius 1 is 1.00 bits per heavy atom. The lowest BCUT2D eigenvalue weighted by Gasteiger charge is -2.13. The van der Waals surface area contributed by atoms with Gasteiger partial charge in [-0.05, 0) is 12.1 Å². The molecule has 5 nitrogen and oxygen atoms in total. The van der Waals surface area contributed by atoms with Gasteiger partial charge in [0.2, 0.25) is 0 Å². The van der Waals surface area contributed by atoms with Gasteiger partial charge in [0.05, 0.1) is 11.8 Å². The Kier molecular flexibility index (Phi) is 7.69. The molecule has 7 heteroatoms. The summed E-state index contributed by atoms with van der Waals surface area (Å²) in [5.74, 6) is 0.848. The first-order chi connectivity index (χ1) is 9.58. The fourth-order valence-electron chi connectivity index (χ4n) is 1.30. The first-order valence-corrected chi connectivity index (χ1v) is 6.99. The van der Waals surface area contributed by atoms with Crippen molar-refractivity contribution >= 4 is 29.5 Å². The highest BCUT2D eigenvalue weighted by molar-refractivity contribution is 6.18. The van der Waals surface area contributed by atoms with Crippen molar-refractivity contribution in [1.29, 1.82) is 0 Å². The number of alkyl halides is 2. The maximum atomic E-state index is 10.8. The molecule has 0 aliphatic carbocycles. The van der Waals surface area contributed by atoms with Crippen LogP contribution in [0.1, 0.15) is 10.4 Å². The first-order valence-electron chi connectivity index (χ1n) is 5.93. The number of carbonyl (C=O) groups excluding carboxylic acids is 1. The number of hydrogen-bond acceptors (Lipinski definition) is 5. The molecule has 1 aromatic carbocycles. The van der Waals surface area contributed by atoms with Crippen molar-refractivity contribution in [1.82, 2.24) is 0 Å². The molecule has 1 aromatic rings. The Morgan fingerprint density at radius 3 is 1.80 bits per heavy atom. The minimum absolute atomic E-state index is 0.00948. The van der Waals surface area contributed by atoms with Gasteiger partial charge in [-0.15, -0.1) is 23.2 Å². The summed E-state index contributed by atoms with van der Waals surface area (Å²) in [7, 11) is 0. The summed E-state index contributed by atoms with van der Waals surface area (Å²) >= 11 is 10.9. The van der Waals surface area contributed by atoms with Crippen LogP contribution in [-0.4, -0.2) is 53.7 Å². The van der Waals surface area contributed by atoms with Crippen LogP contribution in [0.15, 0.2) is 18.2 Å². The van der Waals surface area contributed by atoms with E-state index >= 15 is 0 Å². The summed E-state index contributed by atoms with van der Waals surface area (Å²) in [6.07, 6.45) is -0.937. The van der Waals surface area contributed by atoms with Gasteiger partial charge < -0.3 is 19.7 Å². The fourth-order valence-corrected chi connectivity index (χ4v) is 1.48. The predicted molar refractivity (Wildman–Crippen MR) is 76.3 cm³/mol. The summed E-state index contributed by atoms with van der Waals surface area (Å²) in [4.78, 5) is 10.8. The lowest BCUT2D eigenvalue weighted by atomic mass is 10.2. The second-order valence-corrected chi connectivity index (χ2v) is 4.71. The minimum Gasteiger partial charge on any atom is -0.491 e. The number of hydrogen-bond donors (Lipinski definition) is 2. The molecule has 2 unspecified atom stereocenters. The van der Waals surface area contributed by atoms with Gasteiger partial charge in [-0.3, -0.25) is 4.79 Å².